The van der Waals surface area contributed by atoms with E-state index in [1.807, 2.05) is 30.3 Å². The molecule has 0 saturated heterocycles. The second-order valence-electron chi connectivity index (χ2n) is 5.68. The molecule has 8 nitrogen and oxygen atoms in total. The maximum Gasteiger partial charge on any atom is 0.311 e. The number of azo groups is 1. The van der Waals surface area contributed by atoms with Crippen LogP contribution in [0.3, 0.4) is 0 Å². The van der Waals surface area contributed by atoms with E-state index in [2.05, 4.69) is 15.5 Å². The topological polar surface area (TPSA) is 106 Å². The van der Waals surface area contributed by atoms with Crippen LogP contribution in [0.5, 0.6) is 5.75 Å². The van der Waals surface area contributed by atoms with Crippen molar-refractivity contribution in [2.45, 2.75) is 0 Å². The molecule has 0 atom stereocenters. The van der Waals surface area contributed by atoms with Crippen LogP contribution in [0.2, 0.25) is 0 Å². The fourth-order valence-electron chi connectivity index (χ4n) is 2.40. The molecule has 0 aromatic heterocycles. The Morgan fingerprint density at radius 1 is 0.964 bits per heavy atom. The third kappa shape index (κ3) is 4.55. The van der Waals surface area contributed by atoms with Crippen LogP contribution in [0.15, 0.2) is 83.0 Å². The van der Waals surface area contributed by atoms with E-state index in [0.29, 0.717) is 11.4 Å². The molecule has 3 aromatic carbocycles. The average molecular weight is 376 g/mol. The van der Waals surface area contributed by atoms with Crippen molar-refractivity contribution in [3.05, 3.63) is 88.5 Å². The molecule has 28 heavy (non-hydrogen) atoms. The van der Waals surface area contributed by atoms with E-state index >= 15 is 0 Å². The minimum absolute atomic E-state index is 0.0923. The standard InChI is InChI=1S/C20H16N4O4/c1-28-19-12-7-14(13-18(19)24(26)27)20(25)21-15-8-10-17(11-9-15)23-22-16-5-3-2-4-6-16/h2-13H,1H3,(H,21,25). The number of nitro groups is 1. The molecule has 1 amide bonds. The zero-order valence-corrected chi connectivity index (χ0v) is 14.9. The highest BCUT2D eigenvalue weighted by Gasteiger charge is 2.18. The Morgan fingerprint density at radius 2 is 1.61 bits per heavy atom. The number of hydrogen-bond donors (Lipinski definition) is 1. The molecular formula is C20H16N4O4. The molecule has 8 heteroatoms. The summed E-state index contributed by atoms with van der Waals surface area (Å²) in [5.74, 6) is -0.376. The highest BCUT2D eigenvalue weighted by atomic mass is 16.6. The predicted octanol–water partition coefficient (Wildman–Crippen LogP) is 5.27. The monoisotopic (exact) mass is 376 g/mol. The molecule has 0 aliphatic carbocycles. The third-order valence-electron chi connectivity index (χ3n) is 3.80. The summed E-state index contributed by atoms with van der Waals surface area (Å²) < 4.78 is 4.94. The zero-order chi connectivity index (χ0) is 19.9. The third-order valence-corrected chi connectivity index (χ3v) is 3.80. The Labute approximate surface area is 160 Å². The van der Waals surface area contributed by atoms with Crippen molar-refractivity contribution >= 4 is 28.7 Å². The quantitative estimate of drug-likeness (QED) is 0.359. The lowest BCUT2D eigenvalue weighted by atomic mass is 10.1. The maximum absolute atomic E-state index is 12.4. The van der Waals surface area contributed by atoms with Gasteiger partial charge in [0.2, 0.25) is 0 Å². The van der Waals surface area contributed by atoms with Gasteiger partial charge in [-0.1, -0.05) is 18.2 Å². The van der Waals surface area contributed by atoms with Gasteiger partial charge in [-0.15, -0.1) is 0 Å². The first-order chi connectivity index (χ1) is 13.6. The van der Waals surface area contributed by atoms with Crippen LogP contribution in [0.25, 0.3) is 0 Å². The summed E-state index contributed by atoms with van der Waals surface area (Å²) in [6.45, 7) is 0. The minimum Gasteiger partial charge on any atom is -0.490 e. The number of nitrogens with zero attached hydrogens (tertiary/aromatic N) is 3. The molecule has 0 bridgehead atoms. The van der Waals surface area contributed by atoms with E-state index in [1.54, 1.807) is 24.3 Å². The van der Waals surface area contributed by atoms with Crippen molar-refractivity contribution in [3.8, 4) is 5.75 Å². The zero-order valence-electron chi connectivity index (χ0n) is 14.9. The number of carbonyl (C=O) groups is 1. The summed E-state index contributed by atoms with van der Waals surface area (Å²) in [4.78, 5) is 22.9. The van der Waals surface area contributed by atoms with E-state index in [1.165, 1.54) is 25.3 Å². The first-order valence-corrected chi connectivity index (χ1v) is 8.27. The van der Waals surface area contributed by atoms with Gasteiger partial charge < -0.3 is 10.1 Å². The van der Waals surface area contributed by atoms with Gasteiger partial charge >= 0.3 is 5.69 Å². The molecule has 0 fully saturated rings. The molecule has 0 aliphatic rings. The van der Waals surface area contributed by atoms with Gasteiger partial charge in [0, 0.05) is 17.3 Å². The van der Waals surface area contributed by atoms with Gasteiger partial charge in [-0.25, -0.2) is 0 Å². The second kappa shape index (κ2) is 8.54. The number of methoxy groups -OCH3 is 1. The Balaban J connectivity index is 1.70. The van der Waals surface area contributed by atoms with Crippen LogP contribution in [0.1, 0.15) is 10.4 Å². The maximum atomic E-state index is 12.4. The lowest BCUT2D eigenvalue weighted by Gasteiger charge is -2.07. The molecule has 140 valence electrons. The molecule has 0 radical (unpaired) electrons. The Morgan fingerprint density at radius 3 is 2.21 bits per heavy atom. The highest BCUT2D eigenvalue weighted by molar-refractivity contribution is 6.04. The highest BCUT2D eigenvalue weighted by Crippen LogP contribution is 2.28. The van der Waals surface area contributed by atoms with Gasteiger partial charge in [-0.3, -0.25) is 14.9 Å². The summed E-state index contributed by atoms with van der Waals surface area (Å²) in [5.41, 5.74) is 1.78. The lowest BCUT2D eigenvalue weighted by Crippen LogP contribution is -2.12. The summed E-state index contributed by atoms with van der Waals surface area (Å²) in [6, 6.07) is 20.1. The molecule has 0 heterocycles. The van der Waals surface area contributed by atoms with E-state index in [9.17, 15) is 14.9 Å². The van der Waals surface area contributed by atoms with Crippen LogP contribution in [-0.2, 0) is 0 Å². The molecule has 3 rings (SSSR count). The first kappa shape index (κ1) is 18.7. The predicted molar refractivity (Wildman–Crippen MR) is 105 cm³/mol. The Bertz CT molecular complexity index is 1020. The molecular weight excluding hydrogens is 360 g/mol. The van der Waals surface area contributed by atoms with Gasteiger partial charge in [0.15, 0.2) is 5.75 Å². The smallest absolute Gasteiger partial charge is 0.311 e. The van der Waals surface area contributed by atoms with Crippen LogP contribution >= 0.6 is 0 Å². The fraction of sp³-hybridized carbons (Fsp3) is 0.0500. The number of hydrogen-bond acceptors (Lipinski definition) is 6. The van der Waals surface area contributed by atoms with Crippen LogP contribution in [0.4, 0.5) is 22.7 Å². The molecule has 0 saturated carbocycles. The molecule has 3 aromatic rings. The van der Waals surface area contributed by atoms with Crippen LogP contribution in [0, 0.1) is 10.1 Å². The average Bonchev–Trinajstić information content (AvgIpc) is 2.73. The van der Waals surface area contributed by atoms with Gasteiger partial charge in [0.25, 0.3) is 5.91 Å². The molecule has 1 N–H and O–H groups in total. The number of benzene rings is 3. The van der Waals surface area contributed by atoms with Crippen LogP contribution in [-0.4, -0.2) is 17.9 Å². The summed E-state index contributed by atoms with van der Waals surface area (Å²) in [5, 5.41) is 22.0. The molecule has 0 spiro atoms. The number of anilines is 1. The van der Waals surface area contributed by atoms with Gasteiger partial charge in [-0.2, -0.15) is 10.2 Å². The lowest BCUT2D eigenvalue weighted by molar-refractivity contribution is -0.385. The van der Waals surface area contributed by atoms with Crippen LogP contribution < -0.4 is 10.1 Å². The number of rotatable bonds is 6. The second-order valence-corrected chi connectivity index (χ2v) is 5.68. The van der Waals surface area contributed by atoms with Crippen molar-refractivity contribution in [3.63, 3.8) is 0 Å². The number of ether oxygens (including phenoxy) is 1. The van der Waals surface area contributed by atoms with E-state index < -0.39 is 10.8 Å². The van der Waals surface area contributed by atoms with Crippen molar-refractivity contribution in [2.24, 2.45) is 10.2 Å². The number of amides is 1. The SMILES string of the molecule is COc1ccc(C(=O)Nc2ccc(N=Nc3ccccc3)cc2)cc1[N+](=O)[O-]. The van der Waals surface area contributed by atoms with E-state index in [4.69, 9.17) is 4.74 Å². The van der Waals surface area contributed by atoms with Gasteiger partial charge in [0.1, 0.15) is 0 Å². The van der Waals surface area contributed by atoms with E-state index in [0.717, 1.165) is 5.69 Å². The van der Waals surface area contributed by atoms with Crippen molar-refractivity contribution in [1.82, 2.24) is 0 Å². The molecule has 0 aliphatic heterocycles. The fourth-order valence-corrected chi connectivity index (χ4v) is 2.40. The van der Waals surface area contributed by atoms with Crippen molar-refractivity contribution < 1.29 is 14.5 Å². The largest absolute Gasteiger partial charge is 0.490 e. The number of carbonyl (C=O) groups excluding carboxylic acids is 1. The van der Waals surface area contributed by atoms with E-state index in [-0.39, 0.29) is 17.0 Å². The Kier molecular flexibility index (Phi) is 5.71. The normalized spacial score (nSPS) is 10.6. The minimum atomic E-state index is -0.595. The van der Waals surface area contributed by atoms with Gasteiger partial charge in [-0.05, 0) is 48.5 Å². The van der Waals surface area contributed by atoms with Crippen molar-refractivity contribution in [2.75, 3.05) is 12.4 Å². The summed E-state index contributed by atoms with van der Waals surface area (Å²) >= 11 is 0. The van der Waals surface area contributed by atoms with Gasteiger partial charge in [0.05, 0.1) is 23.4 Å². The van der Waals surface area contributed by atoms with Crippen molar-refractivity contribution in [1.29, 1.82) is 0 Å². The number of nitrogens with one attached hydrogen (secondary N) is 1. The number of nitro benzene ring substituents is 1. The first-order valence-electron chi connectivity index (χ1n) is 8.27. The Hall–Kier alpha value is -4.07. The summed E-state index contributed by atoms with van der Waals surface area (Å²) in [6.07, 6.45) is 0. The summed E-state index contributed by atoms with van der Waals surface area (Å²) in [7, 11) is 1.33. The molecule has 0 unspecified atom stereocenters.